The second-order valence-electron chi connectivity index (χ2n) is 4.47. The molecule has 1 saturated carbocycles. The topological polar surface area (TPSA) is 0 Å². The summed E-state index contributed by atoms with van der Waals surface area (Å²) in [5.41, 5.74) is 1.71. The molecule has 3 atom stereocenters. The van der Waals surface area contributed by atoms with E-state index < -0.39 is 0 Å². The molecule has 0 amide bonds. The third kappa shape index (κ3) is 1.02. The molecule has 0 radical (unpaired) electrons. The first-order valence-corrected chi connectivity index (χ1v) is 6.29. The Morgan fingerprint density at radius 2 is 2.31 bits per heavy atom. The Balaban J connectivity index is 2.13. The molecule has 2 aliphatic rings. The summed E-state index contributed by atoms with van der Waals surface area (Å²) < 4.78 is 0. The largest absolute Gasteiger partial charge is 0.0723 e. The van der Waals surface area contributed by atoms with Crippen LogP contribution in [0.2, 0.25) is 0 Å². The molecule has 3 rings (SSSR count). The number of rotatable bonds is 0. The third-order valence-corrected chi connectivity index (χ3v) is 5.18. The van der Waals surface area contributed by atoms with E-state index in [2.05, 4.69) is 24.9 Å². The van der Waals surface area contributed by atoms with Gasteiger partial charge in [0.15, 0.2) is 0 Å². The number of hydrogen-bond donors (Lipinski definition) is 0. The standard InChI is InChI=1S/C12H15P/c1-8-9-4-2-5-10(9)11-6-3-7-13-12(8)11/h3,6-10H,2,4-5H2,1H3. The van der Waals surface area contributed by atoms with Gasteiger partial charge in [0.05, 0.1) is 0 Å². The van der Waals surface area contributed by atoms with Gasteiger partial charge in [-0.15, -0.1) is 0 Å². The van der Waals surface area contributed by atoms with E-state index in [9.17, 15) is 0 Å². The van der Waals surface area contributed by atoms with Crippen LogP contribution >= 0.6 is 8.19 Å². The highest BCUT2D eigenvalue weighted by Crippen LogP contribution is 2.56. The Bertz CT molecular complexity index is 332. The van der Waals surface area contributed by atoms with Crippen LogP contribution in [-0.2, 0) is 0 Å². The molecule has 1 heteroatoms. The zero-order valence-electron chi connectivity index (χ0n) is 8.03. The van der Waals surface area contributed by atoms with Crippen LogP contribution in [0.15, 0.2) is 17.9 Å². The quantitative estimate of drug-likeness (QED) is 0.573. The molecule has 3 unspecified atom stereocenters. The summed E-state index contributed by atoms with van der Waals surface area (Å²) in [7, 11) is 1.48. The molecule has 0 bridgehead atoms. The molecule has 68 valence electrons. The van der Waals surface area contributed by atoms with Gasteiger partial charge >= 0.3 is 0 Å². The van der Waals surface area contributed by atoms with E-state index in [1.807, 2.05) is 0 Å². The van der Waals surface area contributed by atoms with Crippen molar-refractivity contribution in [2.75, 3.05) is 0 Å². The van der Waals surface area contributed by atoms with Crippen LogP contribution in [0.5, 0.6) is 0 Å². The molecule has 1 aromatic heterocycles. The smallest absolute Gasteiger partial charge is 0.0110 e. The van der Waals surface area contributed by atoms with Crippen LogP contribution in [0, 0.1) is 5.92 Å². The number of fused-ring (bicyclic) bond motifs is 3. The highest BCUT2D eigenvalue weighted by atomic mass is 31.0. The first kappa shape index (κ1) is 8.00. The van der Waals surface area contributed by atoms with Crippen molar-refractivity contribution in [2.24, 2.45) is 5.92 Å². The summed E-state index contributed by atoms with van der Waals surface area (Å²) in [5.74, 6) is 5.08. The van der Waals surface area contributed by atoms with Crippen LogP contribution < -0.4 is 0 Å². The Hall–Kier alpha value is -0.350. The van der Waals surface area contributed by atoms with Gasteiger partial charge in [0.1, 0.15) is 0 Å². The lowest BCUT2D eigenvalue weighted by Crippen LogP contribution is -2.01. The monoisotopic (exact) mass is 190 g/mol. The lowest BCUT2D eigenvalue weighted by molar-refractivity contribution is 0.459. The molecule has 0 N–H and O–H groups in total. The lowest BCUT2D eigenvalue weighted by atomic mass is 9.92. The fourth-order valence-electron chi connectivity index (χ4n) is 3.30. The number of hydrogen-bond acceptors (Lipinski definition) is 0. The summed E-state index contributed by atoms with van der Waals surface area (Å²) in [4.78, 5) is 0. The van der Waals surface area contributed by atoms with Crippen molar-refractivity contribution >= 4 is 8.19 Å². The van der Waals surface area contributed by atoms with Crippen molar-refractivity contribution in [1.29, 1.82) is 0 Å². The van der Waals surface area contributed by atoms with Gasteiger partial charge in [0, 0.05) is 0 Å². The summed E-state index contributed by atoms with van der Waals surface area (Å²) in [6, 6.07) is 4.62. The van der Waals surface area contributed by atoms with Gasteiger partial charge in [0.25, 0.3) is 0 Å². The maximum atomic E-state index is 2.44. The van der Waals surface area contributed by atoms with Gasteiger partial charge in [-0.3, -0.25) is 0 Å². The van der Waals surface area contributed by atoms with Crippen molar-refractivity contribution in [3.8, 4) is 0 Å². The highest BCUT2D eigenvalue weighted by Gasteiger charge is 2.40. The molecule has 0 aromatic carbocycles. The van der Waals surface area contributed by atoms with Crippen LogP contribution in [0.1, 0.15) is 48.9 Å². The Kier molecular flexibility index (Phi) is 1.73. The molecular formula is C12H15P. The van der Waals surface area contributed by atoms with Crippen molar-refractivity contribution in [2.45, 2.75) is 38.0 Å². The molecule has 1 fully saturated rings. The van der Waals surface area contributed by atoms with Crippen molar-refractivity contribution < 1.29 is 0 Å². The van der Waals surface area contributed by atoms with E-state index in [1.165, 1.54) is 27.5 Å². The summed E-state index contributed by atoms with van der Waals surface area (Å²) in [6.07, 6.45) is 4.39. The van der Waals surface area contributed by atoms with Crippen molar-refractivity contribution in [3.63, 3.8) is 0 Å². The van der Waals surface area contributed by atoms with Crippen LogP contribution in [0.3, 0.4) is 0 Å². The molecule has 0 saturated heterocycles. The van der Waals surface area contributed by atoms with Crippen molar-refractivity contribution in [3.05, 3.63) is 28.8 Å². The minimum absolute atomic E-state index is 0.866. The zero-order chi connectivity index (χ0) is 8.84. The molecule has 1 heterocycles. The molecule has 1 aromatic rings. The van der Waals surface area contributed by atoms with E-state index in [-0.39, 0.29) is 0 Å². The van der Waals surface area contributed by atoms with E-state index in [1.54, 1.807) is 10.9 Å². The van der Waals surface area contributed by atoms with E-state index in [0.29, 0.717) is 0 Å². The van der Waals surface area contributed by atoms with Crippen molar-refractivity contribution in [1.82, 2.24) is 0 Å². The SMILES string of the molecule is CC1c2pcccc2C2CCCC12. The first-order chi connectivity index (χ1) is 6.38. The zero-order valence-corrected chi connectivity index (χ0v) is 8.93. The molecular weight excluding hydrogens is 175 g/mol. The van der Waals surface area contributed by atoms with Gasteiger partial charge in [0.2, 0.25) is 0 Å². The molecule has 0 nitrogen and oxygen atoms in total. The normalized spacial score (nSPS) is 36.5. The highest BCUT2D eigenvalue weighted by molar-refractivity contribution is 7.30. The first-order valence-electron chi connectivity index (χ1n) is 5.33. The van der Waals surface area contributed by atoms with Gasteiger partial charge in [-0.2, -0.15) is 0 Å². The van der Waals surface area contributed by atoms with Gasteiger partial charge in [-0.25, -0.2) is 0 Å². The molecule has 0 aliphatic heterocycles. The molecule has 0 spiro atoms. The average molecular weight is 190 g/mol. The minimum atomic E-state index is 0.866. The Labute approximate surface area is 81.5 Å². The predicted molar refractivity (Wildman–Crippen MR) is 57.5 cm³/mol. The second-order valence-corrected chi connectivity index (χ2v) is 5.51. The predicted octanol–water partition coefficient (Wildman–Crippen LogP) is 4.27. The van der Waals surface area contributed by atoms with E-state index in [0.717, 1.165) is 17.8 Å². The Morgan fingerprint density at radius 3 is 3.23 bits per heavy atom. The maximum Gasteiger partial charge on any atom is -0.0110 e. The molecule has 2 aliphatic carbocycles. The van der Waals surface area contributed by atoms with Crippen LogP contribution in [0.25, 0.3) is 0 Å². The van der Waals surface area contributed by atoms with Crippen LogP contribution in [0.4, 0.5) is 0 Å². The fourth-order valence-corrected chi connectivity index (χ4v) is 4.45. The third-order valence-electron chi connectivity index (χ3n) is 3.91. The Morgan fingerprint density at radius 1 is 1.38 bits per heavy atom. The summed E-state index contributed by atoms with van der Waals surface area (Å²) in [6.45, 7) is 2.44. The van der Waals surface area contributed by atoms with E-state index >= 15 is 0 Å². The van der Waals surface area contributed by atoms with Crippen LogP contribution in [-0.4, -0.2) is 0 Å². The summed E-state index contributed by atoms with van der Waals surface area (Å²) in [5, 5.41) is 1.73. The fraction of sp³-hybridized carbons (Fsp3) is 0.583. The summed E-state index contributed by atoms with van der Waals surface area (Å²) >= 11 is 0. The minimum Gasteiger partial charge on any atom is -0.0723 e. The second kappa shape index (κ2) is 2.82. The van der Waals surface area contributed by atoms with E-state index in [4.69, 9.17) is 0 Å². The van der Waals surface area contributed by atoms with Gasteiger partial charge < -0.3 is 0 Å². The van der Waals surface area contributed by atoms with Gasteiger partial charge in [-0.1, -0.05) is 33.7 Å². The molecule has 13 heavy (non-hydrogen) atoms. The maximum absolute atomic E-state index is 2.44. The van der Waals surface area contributed by atoms with Gasteiger partial charge in [-0.05, 0) is 47.3 Å². The lowest BCUT2D eigenvalue weighted by Gasteiger charge is -2.13. The average Bonchev–Trinajstić information content (AvgIpc) is 2.72.